The lowest BCUT2D eigenvalue weighted by atomic mass is 9.93. The molecule has 0 fully saturated rings. The van der Waals surface area contributed by atoms with Gasteiger partial charge in [0.05, 0.1) is 0 Å². The van der Waals surface area contributed by atoms with E-state index in [1.165, 1.54) is 46.9 Å². The summed E-state index contributed by atoms with van der Waals surface area (Å²) in [6.07, 6.45) is 5.18. The van der Waals surface area contributed by atoms with Crippen LogP contribution in [0.25, 0.3) is 0 Å². The van der Waals surface area contributed by atoms with Crippen LogP contribution in [-0.2, 0) is 0 Å². The Kier molecular flexibility index (Phi) is 13.9. The van der Waals surface area contributed by atoms with E-state index >= 15 is 0 Å². The summed E-state index contributed by atoms with van der Waals surface area (Å²) in [6, 6.07) is 44.1. The molecular weight excluding hydrogens is 582 g/mol. The molecule has 4 aromatic carbocycles. The molecule has 0 aliphatic carbocycles. The number of halogens is 2. The zero-order valence-electron chi connectivity index (χ0n) is 19.3. The van der Waals surface area contributed by atoms with Crippen LogP contribution in [0.15, 0.2) is 121 Å². The maximum atomic E-state index is 2.29. The van der Waals surface area contributed by atoms with E-state index in [-0.39, 0.29) is 34.0 Å². The maximum absolute atomic E-state index is 2.29. The van der Waals surface area contributed by atoms with Gasteiger partial charge in [0.1, 0.15) is 0 Å². The van der Waals surface area contributed by atoms with Crippen molar-refractivity contribution >= 4 is 51.1 Å². The molecule has 4 rings (SSSR count). The van der Waals surface area contributed by atoms with Gasteiger partial charge in [0, 0.05) is 11.8 Å². The van der Waals surface area contributed by atoms with Crippen LogP contribution in [0.3, 0.4) is 0 Å². The highest BCUT2D eigenvalue weighted by Crippen LogP contribution is 2.34. The van der Waals surface area contributed by atoms with Crippen LogP contribution in [0.5, 0.6) is 0 Å². The average Bonchev–Trinajstić information content (AvgIpc) is 2.88. The van der Waals surface area contributed by atoms with Gasteiger partial charge in [0.25, 0.3) is 0 Å². The van der Waals surface area contributed by atoms with Gasteiger partial charge in [-0.1, -0.05) is 121 Å². The van der Waals surface area contributed by atoms with Crippen molar-refractivity contribution in [2.24, 2.45) is 0 Å². The van der Waals surface area contributed by atoms with Crippen LogP contribution in [0.1, 0.15) is 34.1 Å². The lowest BCUT2D eigenvalue weighted by Gasteiger charge is -2.19. The second-order valence-corrected chi connectivity index (χ2v) is 11.0. The van der Waals surface area contributed by atoms with Crippen molar-refractivity contribution in [3.63, 3.8) is 0 Å². The highest BCUT2D eigenvalue weighted by Gasteiger charge is 2.15. The first-order chi connectivity index (χ1) is 15.9. The molecule has 0 saturated heterocycles. The van der Waals surface area contributed by atoms with Gasteiger partial charge < -0.3 is 0 Å². The van der Waals surface area contributed by atoms with E-state index < -0.39 is 0 Å². The Bertz CT molecular complexity index is 862. The molecule has 0 spiro atoms. The van der Waals surface area contributed by atoms with Crippen molar-refractivity contribution in [3.05, 3.63) is 144 Å². The van der Waals surface area contributed by atoms with Crippen LogP contribution < -0.4 is 0 Å². The van der Waals surface area contributed by atoms with E-state index in [4.69, 9.17) is 0 Å². The molecule has 0 aliphatic rings. The summed E-state index contributed by atoms with van der Waals surface area (Å²) >= 11 is 0. The molecule has 2 unspecified atom stereocenters. The van der Waals surface area contributed by atoms with E-state index in [1.54, 1.807) is 0 Å². The molecule has 178 valence electrons. The molecule has 0 aliphatic heterocycles. The topological polar surface area (TPSA) is 0 Å². The molecule has 0 bridgehead atoms. The Labute approximate surface area is 230 Å². The molecule has 0 radical (unpaired) electrons. The summed E-state index contributed by atoms with van der Waals surface area (Å²) < 4.78 is 0. The van der Waals surface area contributed by atoms with Crippen molar-refractivity contribution in [1.29, 1.82) is 0 Å². The Balaban J connectivity index is 0.00000204. The molecule has 0 nitrogen and oxygen atoms in total. The van der Waals surface area contributed by atoms with E-state index in [0.717, 1.165) is 17.2 Å². The third kappa shape index (κ3) is 8.73. The molecule has 0 heterocycles. The smallest absolute Gasteiger partial charge is 0.0126 e. The first-order valence-electron chi connectivity index (χ1n) is 11.5. The van der Waals surface area contributed by atoms with Gasteiger partial charge in [-0.25, -0.2) is 0 Å². The SMILES string of the molecule is Br.Br.c1ccc(C(CPCCPCC(c2ccccc2)c2ccccc2)c2ccccc2)cc1. The van der Waals surface area contributed by atoms with Crippen LogP contribution in [0.2, 0.25) is 0 Å². The summed E-state index contributed by atoms with van der Waals surface area (Å²) in [4.78, 5) is 0. The van der Waals surface area contributed by atoms with Crippen molar-refractivity contribution < 1.29 is 0 Å². The minimum absolute atomic E-state index is 0. The molecule has 0 N–H and O–H groups in total. The number of benzene rings is 4. The van der Waals surface area contributed by atoms with Crippen LogP contribution >= 0.6 is 51.1 Å². The van der Waals surface area contributed by atoms with E-state index in [1.807, 2.05) is 0 Å². The standard InChI is InChI=1S/C30H32P2.2BrH/c1-5-13-25(14-6-1)29(26-15-7-2-8-16-26)23-31-21-22-32-24-30(27-17-9-3-10-18-27)28-19-11-4-12-20-28;;/h1-20,29-32H,21-24H2;2*1H. The van der Waals surface area contributed by atoms with Crippen molar-refractivity contribution in [1.82, 2.24) is 0 Å². The first-order valence-corrected chi connectivity index (χ1v) is 14.4. The predicted molar refractivity (Wildman–Crippen MR) is 166 cm³/mol. The van der Waals surface area contributed by atoms with Gasteiger partial charge in [-0.2, -0.15) is 0 Å². The van der Waals surface area contributed by atoms with Gasteiger partial charge in [-0.3, -0.25) is 0 Å². The van der Waals surface area contributed by atoms with Gasteiger partial charge in [0.15, 0.2) is 0 Å². The fraction of sp³-hybridized carbons (Fsp3) is 0.200. The lowest BCUT2D eigenvalue weighted by Crippen LogP contribution is -2.05. The molecule has 0 saturated carbocycles. The zero-order chi connectivity index (χ0) is 21.8. The van der Waals surface area contributed by atoms with Crippen LogP contribution in [0.4, 0.5) is 0 Å². The summed E-state index contributed by atoms with van der Waals surface area (Å²) in [7, 11) is 2.01. The van der Waals surface area contributed by atoms with Crippen LogP contribution in [-0.4, -0.2) is 24.6 Å². The minimum atomic E-state index is 0. The third-order valence-corrected chi connectivity index (χ3v) is 9.08. The van der Waals surface area contributed by atoms with Gasteiger partial charge in [0.2, 0.25) is 0 Å². The quantitative estimate of drug-likeness (QED) is 0.117. The lowest BCUT2D eigenvalue weighted by molar-refractivity contribution is 0.930. The van der Waals surface area contributed by atoms with Crippen molar-refractivity contribution in [2.75, 3.05) is 24.6 Å². The minimum Gasteiger partial charge on any atom is -0.121 e. The van der Waals surface area contributed by atoms with Gasteiger partial charge in [-0.05, 0) is 46.9 Å². The second kappa shape index (κ2) is 16.4. The summed E-state index contributed by atoms with van der Waals surface area (Å²) in [5, 5.41) is 0. The first kappa shape index (κ1) is 28.9. The highest BCUT2D eigenvalue weighted by molar-refractivity contribution is 8.93. The Morgan fingerprint density at radius 1 is 0.382 bits per heavy atom. The summed E-state index contributed by atoms with van der Waals surface area (Å²) in [5.41, 5.74) is 5.78. The fourth-order valence-corrected chi connectivity index (χ4v) is 7.61. The molecule has 2 atom stereocenters. The number of hydrogen-bond acceptors (Lipinski definition) is 0. The van der Waals surface area contributed by atoms with Gasteiger partial charge >= 0.3 is 0 Å². The van der Waals surface area contributed by atoms with Crippen molar-refractivity contribution in [3.8, 4) is 0 Å². The zero-order valence-corrected chi connectivity index (χ0v) is 24.8. The third-order valence-electron chi connectivity index (χ3n) is 5.98. The summed E-state index contributed by atoms with van der Waals surface area (Å²) in [5.74, 6) is 1.03. The number of rotatable bonds is 11. The second-order valence-electron chi connectivity index (χ2n) is 8.16. The summed E-state index contributed by atoms with van der Waals surface area (Å²) in [6.45, 7) is 0. The predicted octanol–water partition coefficient (Wildman–Crippen LogP) is 9.16. The molecule has 0 amide bonds. The average molecular weight is 616 g/mol. The fourth-order valence-electron chi connectivity index (χ4n) is 4.27. The molecular formula is C30H34Br2P2. The Morgan fingerprint density at radius 2 is 0.618 bits per heavy atom. The molecule has 4 heteroatoms. The van der Waals surface area contributed by atoms with E-state index in [9.17, 15) is 0 Å². The Morgan fingerprint density at radius 3 is 0.853 bits per heavy atom. The normalized spacial score (nSPS) is 11.2. The van der Waals surface area contributed by atoms with E-state index in [2.05, 4.69) is 121 Å². The number of hydrogen-bond donors (Lipinski definition) is 0. The van der Waals surface area contributed by atoms with Crippen LogP contribution in [0, 0.1) is 0 Å². The monoisotopic (exact) mass is 614 g/mol. The largest absolute Gasteiger partial charge is 0.121 e. The van der Waals surface area contributed by atoms with E-state index in [0.29, 0.717) is 11.8 Å². The van der Waals surface area contributed by atoms with Crippen molar-refractivity contribution in [2.45, 2.75) is 11.8 Å². The van der Waals surface area contributed by atoms with Gasteiger partial charge in [-0.15, -0.1) is 51.1 Å². The molecule has 0 aromatic heterocycles. The molecule has 4 aromatic rings. The Hall–Kier alpha value is -1.30. The molecule has 34 heavy (non-hydrogen) atoms. The maximum Gasteiger partial charge on any atom is 0.0126 e. The highest BCUT2D eigenvalue weighted by atomic mass is 79.9.